The van der Waals surface area contributed by atoms with Crippen molar-refractivity contribution in [3.05, 3.63) is 0 Å². The van der Waals surface area contributed by atoms with Crippen LogP contribution in [0.15, 0.2) is 0 Å². The highest BCUT2D eigenvalue weighted by Gasteiger charge is 2.21. The smallest absolute Gasteiger partial charge is 0.0320 e. The first-order valence-corrected chi connectivity index (χ1v) is 5.65. The average Bonchev–Trinajstić information content (AvgIpc) is 1.99. The molecular formula is C8H16N2S. The molecule has 2 saturated heterocycles. The van der Waals surface area contributed by atoms with Gasteiger partial charge in [0.1, 0.15) is 0 Å². The molecule has 0 amide bonds. The Hall–Kier alpha value is 0.270. The molecule has 64 valence electrons. The highest BCUT2D eigenvalue weighted by Crippen LogP contribution is 2.17. The highest BCUT2D eigenvalue weighted by molar-refractivity contribution is 7.99. The molecule has 0 bridgehead atoms. The molecule has 0 aromatic heterocycles. The van der Waals surface area contributed by atoms with Gasteiger partial charge in [-0.15, -0.1) is 0 Å². The molecule has 2 nitrogen and oxygen atoms in total. The maximum absolute atomic E-state index is 3.67. The van der Waals surface area contributed by atoms with E-state index in [2.05, 4.69) is 22.4 Å². The van der Waals surface area contributed by atoms with Crippen molar-refractivity contribution >= 4 is 11.8 Å². The molecule has 3 heteroatoms. The zero-order chi connectivity index (χ0) is 7.52. The van der Waals surface area contributed by atoms with Gasteiger partial charge in [-0.1, -0.05) is 0 Å². The molecule has 0 aromatic carbocycles. The van der Waals surface area contributed by atoms with Gasteiger partial charge in [-0.2, -0.15) is 11.8 Å². The number of hydrogen-bond donors (Lipinski definition) is 2. The normalized spacial score (nSPS) is 33.3. The predicted octanol–water partition coefficient (Wildman–Crippen LogP) is 0.443. The second-order valence-electron chi connectivity index (χ2n) is 3.44. The third-order valence-corrected chi connectivity index (χ3v) is 3.63. The monoisotopic (exact) mass is 172 g/mol. The first-order chi connectivity index (χ1) is 5.45. The van der Waals surface area contributed by atoms with Gasteiger partial charge in [-0.05, 0) is 18.6 Å². The van der Waals surface area contributed by atoms with E-state index in [9.17, 15) is 0 Å². The van der Waals surface area contributed by atoms with Gasteiger partial charge >= 0.3 is 0 Å². The van der Waals surface area contributed by atoms with Crippen molar-refractivity contribution < 1.29 is 0 Å². The molecule has 2 heterocycles. The van der Waals surface area contributed by atoms with Gasteiger partial charge in [0.2, 0.25) is 0 Å². The van der Waals surface area contributed by atoms with Crippen molar-refractivity contribution in [3.63, 3.8) is 0 Å². The van der Waals surface area contributed by atoms with E-state index in [1.54, 1.807) is 0 Å². The zero-order valence-corrected chi connectivity index (χ0v) is 7.62. The van der Waals surface area contributed by atoms with Crippen LogP contribution in [-0.4, -0.2) is 36.7 Å². The number of hydrogen-bond acceptors (Lipinski definition) is 3. The molecule has 0 aliphatic carbocycles. The fraction of sp³-hybridized carbons (Fsp3) is 1.00. The van der Waals surface area contributed by atoms with E-state index in [1.165, 1.54) is 37.4 Å². The Bertz CT molecular complexity index is 119. The maximum Gasteiger partial charge on any atom is 0.0320 e. The quantitative estimate of drug-likeness (QED) is 0.632. The SMILES string of the molecule is C1CSCC(NC2CNC2)C1. The standard InChI is InChI=1S/C8H16N2S/c1-2-7(6-11-3-1)10-8-4-9-5-8/h7-10H,1-6H2. The van der Waals surface area contributed by atoms with Crippen LogP contribution in [0, 0.1) is 0 Å². The number of nitrogens with one attached hydrogen (secondary N) is 2. The summed E-state index contributed by atoms with van der Waals surface area (Å²) < 4.78 is 0. The van der Waals surface area contributed by atoms with Gasteiger partial charge in [0.25, 0.3) is 0 Å². The summed E-state index contributed by atoms with van der Waals surface area (Å²) in [5, 5.41) is 6.95. The van der Waals surface area contributed by atoms with Crippen molar-refractivity contribution in [2.45, 2.75) is 24.9 Å². The van der Waals surface area contributed by atoms with Crippen molar-refractivity contribution in [2.75, 3.05) is 24.6 Å². The van der Waals surface area contributed by atoms with Crippen LogP contribution in [0.25, 0.3) is 0 Å². The second kappa shape index (κ2) is 3.78. The summed E-state index contributed by atoms with van der Waals surface area (Å²) in [6, 6.07) is 1.58. The summed E-state index contributed by atoms with van der Waals surface area (Å²) in [5.41, 5.74) is 0. The summed E-state index contributed by atoms with van der Waals surface area (Å²) in [4.78, 5) is 0. The van der Waals surface area contributed by atoms with Gasteiger partial charge in [-0.3, -0.25) is 0 Å². The molecular weight excluding hydrogens is 156 g/mol. The van der Waals surface area contributed by atoms with Crippen molar-refractivity contribution in [2.24, 2.45) is 0 Å². The summed E-state index contributed by atoms with van der Waals surface area (Å²) in [5.74, 6) is 2.71. The molecule has 2 fully saturated rings. The van der Waals surface area contributed by atoms with E-state index in [0.29, 0.717) is 0 Å². The second-order valence-corrected chi connectivity index (χ2v) is 4.59. The van der Waals surface area contributed by atoms with Gasteiger partial charge in [0.05, 0.1) is 0 Å². The summed E-state index contributed by atoms with van der Waals surface area (Å²) in [6.45, 7) is 2.36. The summed E-state index contributed by atoms with van der Waals surface area (Å²) >= 11 is 2.10. The Morgan fingerprint density at radius 2 is 2.18 bits per heavy atom. The lowest BCUT2D eigenvalue weighted by atomic mass is 10.1. The van der Waals surface area contributed by atoms with Gasteiger partial charge in [0.15, 0.2) is 0 Å². The van der Waals surface area contributed by atoms with Crippen molar-refractivity contribution in [1.82, 2.24) is 10.6 Å². The van der Waals surface area contributed by atoms with E-state index in [-0.39, 0.29) is 0 Å². The molecule has 0 saturated carbocycles. The lowest BCUT2D eigenvalue weighted by Gasteiger charge is -2.33. The first kappa shape index (κ1) is 7.90. The molecule has 1 unspecified atom stereocenters. The first-order valence-electron chi connectivity index (χ1n) is 4.49. The van der Waals surface area contributed by atoms with Crippen LogP contribution >= 0.6 is 11.8 Å². The Morgan fingerprint density at radius 1 is 1.27 bits per heavy atom. The molecule has 0 spiro atoms. The van der Waals surface area contributed by atoms with Crippen LogP contribution in [0.5, 0.6) is 0 Å². The van der Waals surface area contributed by atoms with E-state index in [1.807, 2.05) is 0 Å². The van der Waals surface area contributed by atoms with Gasteiger partial charge in [0, 0.05) is 30.9 Å². The molecule has 2 rings (SSSR count). The molecule has 2 N–H and O–H groups in total. The largest absolute Gasteiger partial charge is 0.314 e. The minimum absolute atomic E-state index is 0.777. The predicted molar refractivity (Wildman–Crippen MR) is 50.1 cm³/mol. The van der Waals surface area contributed by atoms with Crippen LogP contribution in [0.3, 0.4) is 0 Å². The molecule has 0 aromatic rings. The van der Waals surface area contributed by atoms with Crippen molar-refractivity contribution in [1.29, 1.82) is 0 Å². The van der Waals surface area contributed by atoms with Crippen molar-refractivity contribution in [3.8, 4) is 0 Å². The van der Waals surface area contributed by atoms with Crippen LogP contribution in [0.2, 0.25) is 0 Å². The fourth-order valence-corrected chi connectivity index (χ4v) is 2.70. The topological polar surface area (TPSA) is 24.1 Å². The van der Waals surface area contributed by atoms with E-state index < -0.39 is 0 Å². The third-order valence-electron chi connectivity index (χ3n) is 2.41. The molecule has 2 aliphatic heterocycles. The average molecular weight is 172 g/mol. The van der Waals surface area contributed by atoms with Crippen LogP contribution < -0.4 is 10.6 Å². The van der Waals surface area contributed by atoms with Crippen LogP contribution in [-0.2, 0) is 0 Å². The van der Waals surface area contributed by atoms with Crippen LogP contribution in [0.1, 0.15) is 12.8 Å². The lowest BCUT2D eigenvalue weighted by molar-refractivity contribution is 0.327. The zero-order valence-electron chi connectivity index (χ0n) is 6.81. The Balaban J connectivity index is 1.67. The molecule has 1 atom stereocenters. The Morgan fingerprint density at radius 3 is 2.73 bits per heavy atom. The minimum Gasteiger partial charge on any atom is -0.314 e. The van der Waals surface area contributed by atoms with Gasteiger partial charge in [-0.25, -0.2) is 0 Å². The molecule has 2 aliphatic rings. The third kappa shape index (κ3) is 2.10. The number of rotatable bonds is 2. The number of thioether (sulfide) groups is 1. The Kier molecular flexibility index (Phi) is 2.72. The van der Waals surface area contributed by atoms with Gasteiger partial charge < -0.3 is 10.6 Å². The summed E-state index contributed by atoms with van der Waals surface area (Å²) in [6.07, 6.45) is 2.80. The maximum atomic E-state index is 3.67. The highest BCUT2D eigenvalue weighted by atomic mass is 32.2. The van der Waals surface area contributed by atoms with E-state index in [4.69, 9.17) is 0 Å². The fourth-order valence-electron chi connectivity index (χ4n) is 1.61. The van der Waals surface area contributed by atoms with Crippen LogP contribution in [0.4, 0.5) is 0 Å². The Labute approximate surface area is 72.5 Å². The summed E-state index contributed by atoms with van der Waals surface area (Å²) in [7, 11) is 0. The van der Waals surface area contributed by atoms with E-state index >= 15 is 0 Å². The molecule has 0 radical (unpaired) electrons. The minimum atomic E-state index is 0.777. The lowest BCUT2D eigenvalue weighted by Crippen LogP contribution is -2.58. The molecule has 11 heavy (non-hydrogen) atoms. The van der Waals surface area contributed by atoms with E-state index in [0.717, 1.165) is 12.1 Å².